The van der Waals surface area contributed by atoms with Crippen LogP contribution in [-0.4, -0.2) is 10.9 Å². The Hall–Kier alpha value is -1.97. The topological polar surface area (TPSA) is 43.1 Å². The highest BCUT2D eigenvalue weighted by Crippen LogP contribution is 2.31. The highest BCUT2D eigenvalue weighted by Gasteiger charge is 2.29. The molecule has 1 aromatic carbocycles. The minimum Gasteiger partial charge on any atom is -0.360 e. The van der Waals surface area contributed by atoms with E-state index in [1.54, 1.807) is 12.1 Å². The molecule has 0 spiro atoms. The van der Waals surface area contributed by atoms with E-state index in [1.807, 2.05) is 0 Å². The van der Waals surface area contributed by atoms with Crippen LogP contribution in [0.1, 0.15) is 22.5 Å². The molecule has 0 atom stereocenters. The Bertz CT molecular complexity index is 557. The number of nitrogens with zero attached hydrogens (tertiary/aromatic N) is 1. The summed E-state index contributed by atoms with van der Waals surface area (Å²) in [7, 11) is 0. The van der Waals surface area contributed by atoms with Crippen LogP contribution in [0.4, 0.5) is 4.39 Å². The number of benzene rings is 1. The second-order valence-corrected chi connectivity index (χ2v) is 3.76. The van der Waals surface area contributed by atoms with E-state index in [2.05, 4.69) is 5.16 Å². The summed E-state index contributed by atoms with van der Waals surface area (Å²) in [5.41, 5.74) is 1.80. The minimum absolute atomic E-state index is 0.0515. The van der Waals surface area contributed by atoms with Crippen molar-refractivity contribution in [3.8, 4) is 11.3 Å². The molecule has 0 fully saturated rings. The molecule has 0 radical (unpaired) electrons. The summed E-state index contributed by atoms with van der Waals surface area (Å²) in [5, 5.41) is 3.87. The molecular weight excluding hydrogens is 209 g/mol. The van der Waals surface area contributed by atoms with Gasteiger partial charge in [0.1, 0.15) is 17.3 Å². The summed E-state index contributed by atoms with van der Waals surface area (Å²) in [5.74, 6) is 0.384. The van der Waals surface area contributed by atoms with Crippen LogP contribution in [0.5, 0.6) is 0 Å². The molecule has 4 heteroatoms. The Morgan fingerprint density at radius 2 is 1.94 bits per heavy atom. The standard InChI is InChI=1S/C12H8FNO2/c13-8-3-1-7(2-4-8)12-11-9(15)5-6-10(11)16-14-12/h1-4H,5-6H2. The number of ketones is 1. The van der Waals surface area contributed by atoms with E-state index < -0.39 is 0 Å². The number of aryl methyl sites for hydroxylation is 1. The molecule has 3 rings (SSSR count). The SMILES string of the molecule is O=C1CCc2onc(-c3ccc(F)cc3)c21. The van der Waals surface area contributed by atoms with Crippen molar-refractivity contribution in [2.75, 3.05) is 0 Å². The average Bonchev–Trinajstić information content (AvgIpc) is 2.84. The van der Waals surface area contributed by atoms with Crippen LogP contribution in [0.2, 0.25) is 0 Å². The fourth-order valence-corrected chi connectivity index (χ4v) is 1.94. The van der Waals surface area contributed by atoms with Gasteiger partial charge in [-0.2, -0.15) is 0 Å². The van der Waals surface area contributed by atoms with Gasteiger partial charge in [-0.25, -0.2) is 4.39 Å². The molecule has 3 nitrogen and oxygen atoms in total. The van der Waals surface area contributed by atoms with Crippen molar-refractivity contribution in [2.45, 2.75) is 12.8 Å². The van der Waals surface area contributed by atoms with Gasteiger partial charge >= 0.3 is 0 Å². The van der Waals surface area contributed by atoms with E-state index in [-0.39, 0.29) is 11.6 Å². The lowest BCUT2D eigenvalue weighted by Gasteiger charge is -1.97. The summed E-state index contributed by atoms with van der Waals surface area (Å²) in [4.78, 5) is 11.6. The second-order valence-electron chi connectivity index (χ2n) is 3.76. The smallest absolute Gasteiger partial charge is 0.169 e. The van der Waals surface area contributed by atoms with Gasteiger partial charge in [-0.15, -0.1) is 0 Å². The van der Waals surface area contributed by atoms with Gasteiger partial charge in [0.05, 0.1) is 5.56 Å². The number of halogens is 1. The average molecular weight is 217 g/mol. The predicted octanol–water partition coefficient (Wildman–Crippen LogP) is 2.61. The number of aromatic nitrogens is 1. The zero-order valence-electron chi connectivity index (χ0n) is 8.37. The summed E-state index contributed by atoms with van der Waals surface area (Å²) in [6, 6.07) is 5.88. The van der Waals surface area contributed by atoms with Crippen LogP contribution in [0.15, 0.2) is 28.8 Å². The molecule has 1 aliphatic carbocycles. The first kappa shape index (κ1) is 9.27. The largest absolute Gasteiger partial charge is 0.360 e. The van der Waals surface area contributed by atoms with Crippen LogP contribution >= 0.6 is 0 Å². The maximum Gasteiger partial charge on any atom is 0.169 e. The number of carbonyl (C=O) groups is 1. The molecule has 0 bridgehead atoms. The van der Waals surface area contributed by atoms with Gasteiger partial charge in [-0.3, -0.25) is 4.79 Å². The number of hydrogen-bond acceptors (Lipinski definition) is 3. The van der Waals surface area contributed by atoms with Crippen molar-refractivity contribution in [3.63, 3.8) is 0 Å². The normalized spacial score (nSPS) is 14.2. The highest BCUT2D eigenvalue weighted by molar-refractivity contribution is 6.04. The highest BCUT2D eigenvalue weighted by atomic mass is 19.1. The van der Waals surface area contributed by atoms with Gasteiger partial charge in [0.15, 0.2) is 5.78 Å². The Morgan fingerprint density at radius 1 is 1.19 bits per heavy atom. The molecule has 0 amide bonds. The summed E-state index contributed by atoms with van der Waals surface area (Å²) < 4.78 is 17.9. The number of carbonyl (C=O) groups excluding carboxylic acids is 1. The maximum atomic E-state index is 12.8. The lowest BCUT2D eigenvalue weighted by molar-refractivity contribution is 0.0995. The van der Waals surface area contributed by atoms with Gasteiger partial charge in [0, 0.05) is 18.4 Å². The number of fused-ring (bicyclic) bond motifs is 1. The Labute approximate surface area is 90.9 Å². The van der Waals surface area contributed by atoms with Gasteiger partial charge in [0.2, 0.25) is 0 Å². The third-order valence-electron chi connectivity index (χ3n) is 2.74. The van der Waals surface area contributed by atoms with Crippen LogP contribution in [0.25, 0.3) is 11.3 Å². The number of rotatable bonds is 1. The molecule has 0 saturated heterocycles. The molecule has 1 heterocycles. The quantitative estimate of drug-likeness (QED) is 0.737. The zero-order chi connectivity index (χ0) is 11.1. The fourth-order valence-electron chi connectivity index (χ4n) is 1.94. The first-order valence-corrected chi connectivity index (χ1v) is 5.03. The molecule has 0 unspecified atom stereocenters. The summed E-state index contributed by atoms with van der Waals surface area (Å²) in [6.45, 7) is 0. The van der Waals surface area contributed by atoms with E-state index in [1.165, 1.54) is 12.1 Å². The molecule has 80 valence electrons. The summed E-state index contributed by atoms with van der Waals surface area (Å²) in [6.07, 6.45) is 1.09. The minimum atomic E-state index is -0.310. The van der Waals surface area contributed by atoms with Crippen molar-refractivity contribution in [1.29, 1.82) is 0 Å². The van der Waals surface area contributed by atoms with Crippen LogP contribution in [0.3, 0.4) is 0 Å². The Balaban J connectivity index is 2.14. The molecule has 0 aliphatic heterocycles. The molecule has 1 aliphatic rings. The monoisotopic (exact) mass is 217 g/mol. The number of hydrogen-bond donors (Lipinski definition) is 0. The molecule has 0 N–H and O–H groups in total. The Morgan fingerprint density at radius 3 is 2.69 bits per heavy atom. The third-order valence-corrected chi connectivity index (χ3v) is 2.74. The predicted molar refractivity (Wildman–Crippen MR) is 54.5 cm³/mol. The van der Waals surface area contributed by atoms with Crippen molar-refractivity contribution in [3.05, 3.63) is 41.4 Å². The third kappa shape index (κ3) is 1.26. The Kier molecular flexibility index (Phi) is 1.89. The van der Waals surface area contributed by atoms with Crippen molar-refractivity contribution in [1.82, 2.24) is 5.16 Å². The van der Waals surface area contributed by atoms with Gasteiger partial charge in [-0.05, 0) is 24.3 Å². The molecule has 16 heavy (non-hydrogen) atoms. The van der Waals surface area contributed by atoms with E-state index in [9.17, 15) is 9.18 Å². The maximum absolute atomic E-state index is 12.8. The van der Waals surface area contributed by atoms with Gasteiger partial charge < -0.3 is 4.52 Å². The van der Waals surface area contributed by atoms with Crippen LogP contribution in [-0.2, 0) is 6.42 Å². The van der Waals surface area contributed by atoms with E-state index >= 15 is 0 Å². The molecule has 2 aromatic rings. The van der Waals surface area contributed by atoms with Gasteiger partial charge in [0.25, 0.3) is 0 Å². The first-order valence-electron chi connectivity index (χ1n) is 5.03. The lowest BCUT2D eigenvalue weighted by Crippen LogP contribution is -1.93. The second kappa shape index (κ2) is 3.27. The van der Waals surface area contributed by atoms with E-state index in [0.29, 0.717) is 35.4 Å². The van der Waals surface area contributed by atoms with E-state index in [4.69, 9.17) is 4.52 Å². The van der Waals surface area contributed by atoms with Crippen molar-refractivity contribution < 1.29 is 13.7 Å². The number of Topliss-reactive ketones (excluding diaryl/α,β-unsaturated/α-hetero) is 1. The first-order chi connectivity index (χ1) is 7.75. The van der Waals surface area contributed by atoms with Crippen LogP contribution < -0.4 is 0 Å². The molecule has 1 aromatic heterocycles. The van der Waals surface area contributed by atoms with Gasteiger partial charge in [-0.1, -0.05) is 5.16 Å². The zero-order valence-corrected chi connectivity index (χ0v) is 8.37. The summed E-state index contributed by atoms with van der Waals surface area (Å²) >= 11 is 0. The lowest BCUT2D eigenvalue weighted by atomic mass is 10.1. The molecular formula is C12H8FNO2. The van der Waals surface area contributed by atoms with Crippen LogP contribution in [0, 0.1) is 5.82 Å². The van der Waals surface area contributed by atoms with E-state index in [0.717, 1.165) is 0 Å². The van der Waals surface area contributed by atoms with Crippen molar-refractivity contribution in [2.24, 2.45) is 0 Å². The van der Waals surface area contributed by atoms with Crippen molar-refractivity contribution >= 4 is 5.78 Å². The fraction of sp³-hybridized carbons (Fsp3) is 0.167. The molecule has 0 saturated carbocycles.